The molecule has 7 nitrogen and oxygen atoms in total. The van der Waals surface area contributed by atoms with Crippen molar-refractivity contribution in [2.45, 2.75) is 6.61 Å². The predicted octanol–water partition coefficient (Wildman–Crippen LogP) is 3.82. The maximum atomic E-state index is 12.2. The minimum absolute atomic E-state index is 0.100. The number of amides is 1. The number of para-hydroxylation sites is 1. The number of rotatable bonds is 6. The van der Waals surface area contributed by atoms with Crippen molar-refractivity contribution in [2.75, 3.05) is 5.32 Å². The van der Waals surface area contributed by atoms with Gasteiger partial charge in [-0.15, -0.1) is 0 Å². The molecule has 26 heavy (non-hydrogen) atoms. The molecular formula is C19H15N3O4. The molecule has 1 N–H and O–H groups in total. The van der Waals surface area contributed by atoms with Gasteiger partial charge in [0.15, 0.2) is 0 Å². The highest BCUT2D eigenvalue weighted by Crippen LogP contribution is 2.24. The standard InChI is InChI=1S/C19H15N3O4/c23-19(21-16-5-2-1-3-6-16)15-10-8-14(9-11-15)13-26-17-7-4-12-20-18(17)22(24)25/h1-12H,13H2,(H,21,23). The van der Waals surface area contributed by atoms with Crippen molar-refractivity contribution in [1.82, 2.24) is 4.98 Å². The molecule has 130 valence electrons. The molecular weight excluding hydrogens is 334 g/mol. The number of ether oxygens (including phenoxy) is 1. The molecule has 3 rings (SSSR count). The predicted molar refractivity (Wildman–Crippen MR) is 96.1 cm³/mol. The van der Waals surface area contributed by atoms with Gasteiger partial charge >= 0.3 is 5.82 Å². The molecule has 0 unspecified atom stereocenters. The number of nitrogens with zero attached hydrogens (tertiary/aromatic N) is 2. The zero-order valence-electron chi connectivity index (χ0n) is 13.7. The fraction of sp³-hybridized carbons (Fsp3) is 0.0526. The van der Waals surface area contributed by atoms with Crippen LogP contribution in [0.1, 0.15) is 15.9 Å². The van der Waals surface area contributed by atoms with Crippen molar-refractivity contribution in [2.24, 2.45) is 0 Å². The van der Waals surface area contributed by atoms with Gasteiger partial charge in [0.25, 0.3) is 5.91 Å². The van der Waals surface area contributed by atoms with Gasteiger partial charge in [-0.1, -0.05) is 30.3 Å². The SMILES string of the molecule is O=C(Nc1ccccc1)c1ccc(COc2cccnc2[N+](=O)[O-])cc1. The molecule has 7 heteroatoms. The van der Waals surface area contributed by atoms with Gasteiger partial charge in [0, 0.05) is 11.3 Å². The monoisotopic (exact) mass is 349 g/mol. The summed E-state index contributed by atoms with van der Waals surface area (Å²) in [6, 6.07) is 19.1. The number of hydrogen-bond acceptors (Lipinski definition) is 5. The second-order valence-corrected chi connectivity index (χ2v) is 5.39. The van der Waals surface area contributed by atoms with Gasteiger partial charge in [-0.3, -0.25) is 4.79 Å². The zero-order chi connectivity index (χ0) is 18.4. The topological polar surface area (TPSA) is 94.4 Å². The molecule has 0 aliphatic heterocycles. The van der Waals surface area contributed by atoms with Crippen LogP contribution in [0.4, 0.5) is 11.5 Å². The Hall–Kier alpha value is -3.74. The van der Waals surface area contributed by atoms with Crippen molar-refractivity contribution < 1.29 is 14.5 Å². The summed E-state index contributed by atoms with van der Waals surface area (Å²) in [6.07, 6.45) is 1.34. The fourth-order valence-corrected chi connectivity index (χ4v) is 2.27. The lowest BCUT2D eigenvalue weighted by Gasteiger charge is -2.08. The molecule has 0 aliphatic rings. The summed E-state index contributed by atoms with van der Waals surface area (Å²) in [4.78, 5) is 26.2. The van der Waals surface area contributed by atoms with E-state index in [-0.39, 0.29) is 24.1 Å². The number of nitrogens with one attached hydrogen (secondary N) is 1. The summed E-state index contributed by atoms with van der Waals surface area (Å²) in [6.45, 7) is 0.132. The molecule has 0 saturated heterocycles. The first-order valence-corrected chi connectivity index (χ1v) is 7.81. The Kier molecular flexibility index (Phi) is 5.19. The van der Waals surface area contributed by atoms with E-state index in [9.17, 15) is 14.9 Å². The molecule has 1 amide bonds. The van der Waals surface area contributed by atoms with E-state index < -0.39 is 4.92 Å². The van der Waals surface area contributed by atoms with Crippen LogP contribution in [0.5, 0.6) is 5.75 Å². The summed E-state index contributed by atoms with van der Waals surface area (Å²) in [5.74, 6) is -0.443. The molecule has 1 aromatic heterocycles. The van der Waals surface area contributed by atoms with Gasteiger partial charge in [-0.25, -0.2) is 0 Å². The number of benzene rings is 2. The minimum atomic E-state index is -0.591. The second kappa shape index (κ2) is 7.89. The molecule has 1 heterocycles. The molecule has 0 fully saturated rings. The molecule has 0 aliphatic carbocycles. The number of aromatic nitrogens is 1. The van der Waals surface area contributed by atoms with Crippen molar-refractivity contribution in [3.8, 4) is 5.75 Å². The van der Waals surface area contributed by atoms with E-state index in [0.29, 0.717) is 11.3 Å². The number of carbonyl (C=O) groups excluding carboxylic acids is 1. The first-order valence-electron chi connectivity index (χ1n) is 7.81. The van der Waals surface area contributed by atoms with E-state index in [1.54, 1.807) is 42.5 Å². The van der Waals surface area contributed by atoms with Crippen LogP contribution >= 0.6 is 0 Å². The van der Waals surface area contributed by atoms with Crippen molar-refractivity contribution in [3.63, 3.8) is 0 Å². The van der Waals surface area contributed by atoms with Gasteiger partial charge in [-0.2, -0.15) is 0 Å². The van der Waals surface area contributed by atoms with Crippen LogP contribution < -0.4 is 10.1 Å². The highest BCUT2D eigenvalue weighted by Gasteiger charge is 2.15. The van der Waals surface area contributed by atoms with Crippen molar-refractivity contribution in [3.05, 3.63) is 94.2 Å². The van der Waals surface area contributed by atoms with Gasteiger partial charge in [-0.05, 0) is 51.9 Å². The number of hydrogen-bond donors (Lipinski definition) is 1. The van der Waals surface area contributed by atoms with Gasteiger partial charge in [0.05, 0.1) is 0 Å². The molecule has 0 saturated carbocycles. The van der Waals surface area contributed by atoms with E-state index in [1.807, 2.05) is 18.2 Å². The van der Waals surface area contributed by atoms with Crippen molar-refractivity contribution >= 4 is 17.4 Å². The average Bonchev–Trinajstić information content (AvgIpc) is 2.67. The van der Waals surface area contributed by atoms with E-state index in [2.05, 4.69) is 10.3 Å². The van der Waals surface area contributed by atoms with Gasteiger partial charge in [0.1, 0.15) is 12.8 Å². The van der Waals surface area contributed by atoms with E-state index in [4.69, 9.17) is 4.74 Å². The zero-order valence-corrected chi connectivity index (χ0v) is 13.7. The van der Waals surface area contributed by atoms with Crippen LogP contribution in [0.2, 0.25) is 0 Å². The van der Waals surface area contributed by atoms with E-state index >= 15 is 0 Å². The smallest absolute Gasteiger partial charge is 0.406 e. The van der Waals surface area contributed by atoms with Crippen LogP contribution in [-0.2, 0) is 6.61 Å². The molecule has 0 radical (unpaired) electrons. The summed E-state index contributed by atoms with van der Waals surface area (Å²) in [5, 5.41) is 13.7. The highest BCUT2D eigenvalue weighted by molar-refractivity contribution is 6.04. The van der Waals surface area contributed by atoms with Gasteiger partial charge < -0.3 is 20.2 Å². The summed E-state index contributed by atoms with van der Waals surface area (Å²) in [7, 11) is 0. The van der Waals surface area contributed by atoms with Crippen LogP contribution in [0.25, 0.3) is 0 Å². The Balaban J connectivity index is 1.63. The largest absolute Gasteiger partial charge is 0.481 e. The van der Waals surface area contributed by atoms with Crippen LogP contribution in [0, 0.1) is 10.1 Å². The Bertz CT molecular complexity index is 912. The van der Waals surface area contributed by atoms with Crippen LogP contribution in [-0.4, -0.2) is 15.8 Å². The molecule has 0 spiro atoms. The number of pyridine rings is 1. The van der Waals surface area contributed by atoms with E-state index in [1.165, 1.54) is 12.3 Å². The Morgan fingerprint density at radius 2 is 1.77 bits per heavy atom. The van der Waals surface area contributed by atoms with Crippen LogP contribution in [0.15, 0.2) is 72.9 Å². The lowest BCUT2D eigenvalue weighted by Crippen LogP contribution is -2.11. The number of nitro groups is 1. The van der Waals surface area contributed by atoms with Gasteiger partial charge in [0.2, 0.25) is 5.75 Å². The quantitative estimate of drug-likeness (QED) is 0.539. The maximum absolute atomic E-state index is 12.2. The summed E-state index contributed by atoms with van der Waals surface area (Å²) >= 11 is 0. The number of anilines is 1. The normalized spacial score (nSPS) is 10.2. The van der Waals surface area contributed by atoms with Crippen LogP contribution in [0.3, 0.4) is 0 Å². The highest BCUT2D eigenvalue weighted by atomic mass is 16.6. The molecule has 2 aromatic carbocycles. The third kappa shape index (κ3) is 4.21. The first kappa shape index (κ1) is 17.1. The first-order chi connectivity index (χ1) is 12.6. The molecule has 0 atom stereocenters. The maximum Gasteiger partial charge on any atom is 0.406 e. The fourth-order valence-electron chi connectivity index (χ4n) is 2.27. The molecule has 3 aromatic rings. The Morgan fingerprint density at radius 1 is 1.04 bits per heavy atom. The lowest BCUT2D eigenvalue weighted by molar-refractivity contribution is -0.390. The Labute approximate surface area is 149 Å². The van der Waals surface area contributed by atoms with Crippen molar-refractivity contribution in [1.29, 1.82) is 0 Å². The average molecular weight is 349 g/mol. The third-order valence-electron chi connectivity index (χ3n) is 3.57. The number of carbonyl (C=O) groups is 1. The molecule has 0 bridgehead atoms. The van der Waals surface area contributed by atoms with E-state index in [0.717, 1.165) is 5.56 Å². The summed E-state index contributed by atoms with van der Waals surface area (Å²) < 4.78 is 5.48. The second-order valence-electron chi connectivity index (χ2n) is 5.39. The minimum Gasteiger partial charge on any atom is -0.481 e. The summed E-state index contributed by atoms with van der Waals surface area (Å²) in [5.41, 5.74) is 2.00. The third-order valence-corrected chi connectivity index (χ3v) is 3.57. The lowest BCUT2D eigenvalue weighted by atomic mass is 10.1. The Morgan fingerprint density at radius 3 is 2.46 bits per heavy atom.